The summed E-state index contributed by atoms with van der Waals surface area (Å²) >= 11 is 0. The van der Waals surface area contributed by atoms with Gasteiger partial charge in [-0.1, -0.05) is 11.2 Å². The molecule has 90 valence electrons. The van der Waals surface area contributed by atoms with Crippen LogP contribution < -0.4 is 5.32 Å². The number of aromatic nitrogens is 1. The predicted molar refractivity (Wildman–Crippen MR) is 58.1 cm³/mol. The lowest BCUT2D eigenvalue weighted by molar-refractivity contribution is 0.363. The summed E-state index contributed by atoms with van der Waals surface area (Å²) in [5.74, 6) is -0.487. The molecule has 0 radical (unpaired) electrons. The minimum absolute atomic E-state index is 0.0343. The van der Waals surface area contributed by atoms with Gasteiger partial charge in [-0.15, -0.1) is 0 Å². The quantitative estimate of drug-likeness (QED) is 0.890. The maximum atomic E-state index is 13.5. The van der Waals surface area contributed by atoms with Crippen LogP contribution in [-0.2, 0) is 6.54 Å². The number of nitrogens with zero attached hydrogens (tertiary/aromatic N) is 1. The summed E-state index contributed by atoms with van der Waals surface area (Å²) in [4.78, 5) is 0. The van der Waals surface area contributed by atoms with Crippen molar-refractivity contribution in [3.8, 4) is 0 Å². The van der Waals surface area contributed by atoms with Crippen molar-refractivity contribution in [2.75, 3.05) is 0 Å². The predicted octanol–water partition coefficient (Wildman–Crippen LogP) is 2.80. The molecular formula is C12H12F2N2O. The number of benzene rings is 1. The first kappa shape index (κ1) is 11.7. The van der Waals surface area contributed by atoms with Crippen LogP contribution in [0.1, 0.15) is 24.3 Å². The fraction of sp³-hybridized carbons (Fsp3) is 0.250. The molecule has 2 rings (SSSR count). The third-order valence-electron chi connectivity index (χ3n) is 2.51. The van der Waals surface area contributed by atoms with Gasteiger partial charge in [-0.2, -0.15) is 0 Å². The Morgan fingerprint density at radius 2 is 2.00 bits per heavy atom. The first-order chi connectivity index (χ1) is 8.18. The first-order valence-electron chi connectivity index (χ1n) is 5.25. The number of hydrogen-bond acceptors (Lipinski definition) is 3. The van der Waals surface area contributed by atoms with E-state index in [9.17, 15) is 8.78 Å². The smallest absolute Gasteiger partial charge is 0.150 e. The zero-order valence-electron chi connectivity index (χ0n) is 9.28. The standard InChI is InChI=1S/C12H12F2N2O/c1-8(15-7-9-5-6-16-17-9)12-10(13)3-2-4-11(12)14/h2-6,8,15H,7H2,1H3. The summed E-state index contributed by atoms with van der Waals surface area (Å²) in [7, 11) is 0. The van der Waals surface area contributed by atoms with E-state index in [0.717, 1.165) is 0 Å². The molecule has 1 atom stereocenters. The molecule has 0 bridgehead atoms. The van der Waals surface area contributed by atoms with Crippen LogP contribution in [0.15, 0.2) is 35.0 Å². The van der Waals surface area contributed by atoms with Crippen LogP contribution in [0.5, 0.6) is 0 Å². The van der Waals surface area contributed by atoms with Crippen LogP contribution in [0.2, 0.25) is 0 Å². The second-order valence-corrected chi connectivity index (χ2v) is 3.72. The Morgan fingerprint density at radius 3 is 2.59 bits per heavy atom. The van der Waals surface area contributed by atoms with E-state index in [1.165, 1.54) is 24.4 Å². The summed E-state index contributed by atoms with van der Waals surface area (Å²) < 4.78 is 31.8. The summed E-state index contributed by atoms with van der Waals surface area (Å²) in [6.45, 7) is 2.06. The molecule has 3 nitrogen and oxygen atoms in total. The van der Waals surface area contributed by atoms with Gasteiger partial charge in [0.2, 0.25) is 0 Å². The zero-order valence-corrected chi connectivity index (χ0v) is 9.28. The van der Waals surface area contributed by atoms with Gasteiger partial charge in [-0.05, 0) is 19.1 Å². The van der Waals surface area contributed by atoms with Gasteiger partial charge in [0, 0.05) is 17.7 Å². The van der Waals surface area contributed by atoms with Gasteiger partial charge in [0.1, 0.15) is 17.4 Å². The molecule has 0 amide bonds. The highest BCUT2D eigenvalue weighted by Crippen LogP contribution is 2.20. The third-order valence-corrected chi connectivity index (χ3v) is 2.51. The highest BCUT2D eigenvalue weighted by molar-refractivity contribution is 5.22. The Balaban J connectivity index is 2.07. The minimum Gasteiger partial charge on any atom is -0.360 e. The van der Waals surface area contributed by atoms with Crippen LogP contribution in [0.4, 0.5) is 8.78 Å². The van der Waals surface area contributed by atoms with Crippen molar-refractivity contribution < 1.29 is 13.3 Å². The highest BCUT2D eigenvalue weighted by Gasteiger charge is 2.15. The largest absolute Gasteiger partial charge is 0.360 e. The Hall–Kier alpha value is -1.75. The molecule has 0 aliphatic heterocycles. The highest BCUT2D eigenvalue weighted by atomic mass is 19.1. The lowest BCUT2D eigenvalue weighted by Crippen LogP contribution is -2.20. The molecule has 1 aromatic carbocycles. The van der Waals surface area contributed by atoms with Gasteiger partial charge >= 0.3 is 0 Å². The molecule has 0 aliphatic carbocycles. The second kappa shape index (κ2) is 5.05. The van der Waals surface area contributed by atoms with Crippen molar-refractivity contribution in [3.63, 3.8) is 0 Å². The average Bonchev–Trinajstić information content (AvgIpc) is 2.79. The number of nitrogens with one attached hydrogen (secondary N) is 1. The van der Waals surface area contributed by atoms with E-state index < -0.39 is 17.7 Å². The van der Waals surface area contributed by atoms with Gasteiger partial charge in [-0.25, -0.2) is 8.78 Å². The lowest BCUT2D eigenvalue weighted by atomic mass is 10.1. The topological polar surface area (TPSA) is 38.1 Å². The summed E-state index contributed by atoms with van der Waals surface area (Å²) in [5, 5.41) is 6.51. The fourth-order valence-electron chi connectivity index (χ4n) is 1.61. The lowest BCUT2D eigenvalue weighted by Gasteiger charge is -2.14. The summed E-state index contributed by atoms with van der Waals surface area (Å²) in [5.41, 5.74) is 0.0343. The molecule has 5 heteroatoms. The van der Waals surface area contributed by atoms with E-state index in [-0.39, 0.29) is 5.56 Å². The van der Waals surface area contributed by atoms with Gasteiger partial charge < -0.3 is 9.84 Å². The Kier molecular flexibility index (Phi) is 3.49. The molecule has 1 unspecified atom stereocenters. The molecule has 17 heavy (non-hydrogen) atoms. The first-order valence-corrected chi connectivity index (χ1v) is 5.25. The van der Waals surface area contributed by atoms with Crippen molar-refractivity contribution in [1.82, 2.24) is 10.5 Å². The number of halogens is 2. The van der Waals surface area contributed by atoms with E-state index in [1.54, 1.807) is 13.0 Å². The normalized spacial score (nSPS) is 12.6. The summed E-state index contributed by atoms with van der Waals surface area (Å²) in [6, 6.07) is 5.08. The minimum atomic E-state index is -0.553. The monoisotopic (exact) mass is 238 g/mol. The SMILES string of the molecule is CC(NCc1ccno1)c1c(F)cccc1F. The number of rotatable bonds is 4. The molecule has 0 spiro atoms. The van der Waals surface area contributed by atoms with Crippen molar-refractivity contribution in [2.45, 2.75) is 19.5 Å². The second-order valence-electron chi connectivity index (χ2n) is 3.72. The van der Waals surface area contributed by atoms with E-state index in [1.807, 2.05) is 0 Å². The van der Waals surface area contributed by atoms with E-state index in [0.29, 0.717) is 12.3 Å². The molecule has 0 aliphatic rings. The Labute approximate surface area is 97.4 Å². The van der Waals surface area contributed by atoms with Crippen LogP contribution in [-0.4, -0.2) is 5.16 Å². The Morgan fingerprint density at radius 1 is 1.29 bits per heavy atom. The van der Waals surface area contributed by atoms with Crippen LogP contribution in [0, 0.1) is 11.6 Å². The van der Waals surface area contributed by atoms with Gasteiger partial charge in [0.15, 0.2) is 0 Å². The molecule has 1 aromatic heterocycles. The molecule has 2 aromatic rings. The maximum Gasteiger partial charge on any atom is 0.150 e. The van der Waals surface area contributed by atoms with Crippen molar-refractivity contribution >= 4 is 0 Å². The van der Waals surface area contributed by atoms with E-state index >= 15 is 0 Å². The molecule has 0 saturated carbocycles. The van der Waals surface area contributed by atoms with Crippen molar-refractivity contribution in [1.29, 1.82) is 0 Å². The van der Waals surface area contributed by atoms with Crippen LogP contribution in [0.25, 0.3) is 0 Å². The third kappa shape index (κ3) is 2.68. The average molecular weight is 238 g/mol. The summed E-state index contributed by atoms with van der Waals surface area (Å²) in [6.07, 6.45) is 1.52. The molecular weight excluding hydrogens is 226 g/mol. The van der Waals surface area contributed by atoms with E-state index in [4.69, 9.17) is 4.52 Å². The van der Waals surface area contributed by atoms with Crippen LogP contribution in [0.3, 0.4) is 0 Å². The van der Waals surface area contributed by atoms with Crippen molar-refractivity contribution in [2.24, 2.45) is 0 Å². The van der Waals surface area contributed by atoms with Crippen LogP contribution >= 0.6 is 0 Å². The van der Waals surface area contributed by atoms with Gasteiger partial charge in [-0.3, -0.25) is 0 Å². The van der Waals surface area contributed by atoms with Crippen molar-refractivity contribution in [3.05, 3.63) is 53.4 Å². The van der Waals surface area contributed by atoms with Gasteiger partial charge in [0.25, 0.3) is 0 Å². The molecule has 0 fully saturated rings. The maximum absolute atomic E-state index is 13.5. The fourth-order valence-corrected chi connectivity index (χ4v) is 1.61. The Bertz CT molecular complexity index is 465. The zero-order chi connectivity index (χ0) is 12.3. The number of hydrogen-bond donors (Lipinski definition) is 1. The molecule has 0 saturated heterocycles. The molecule has 1 heterocycles. The van der Waals surface area contributed by atoms with Gasteiger partial charge in [0.05, 0.1) is 12.7 Å². The van der Waals surface area contributed by atoms with E-state index in [2.05, 4.69) is 10.5 Å². The molecule has 1 N–H and O–H groups in total.